The lowest BCUT2D eigenvalue weighted by atomic mass is 10.1. The molecule has 110 valence electrons. The number of hydrogen-bond acceptors (Lipinski definition) is 7. The number of anilines is 2. The maximum atomic E-state index is 5.60. The van der Waals surface area contributed by atoms with E-state index in [0.717, 1.165) is 36.6 Å². The fourth-order valence-electron chi connectivity index (χ4n) is 2.64. The third-order valence-electron chi connectivity index (χ3n) is 3.60. The van der Waals surface area contributed by atoms with Crippen LogP contribution in [-0.4, -0.2) is 33.8 Å². The smallest absolute Gasteiger partial charge is 0.318 e. The van der Waals surface area contributed by atoms with Crippen molar-refractivity contribution in [3.8, 4) is 6.01 Å². The zero-order chi connectivity index (χ0) is 14.8. The van der Waals surface area contributed by atoms with Gasteiger partial charge in [0.1, 0.15) is 11.6 Å². The van der Waals surface area contributed by atoms with Crippen LogP contribution in [0.1, 0.15) is 30.3 Å². The van der Waals surface area contributed by atoms with Crippen LogP contribution in [0.5, 0.6) is 6.01 Å². The Morgan fingerprint density at radius 3 is 2.86 bits per heavy atom. The molecule has 7 heteroatoms. The Bertz CT molecular complexity index is 630. The molecule has 0 radical (unpaired) electrons. The van der Waals surface area contributed by atoms with Crippen LogP contribution >= 0.6 is 0 Å². The quantitative estimate of drug-likeness (QED) is 0.914. The maximum absolute atomic E-state index is 5.60. The van der Waals surface area contributed by atoms with E-state index >= 15 is 0 Å². The Balaban J connectivity index is 1.93. The highest BCUT2D eigenvalue weighted by atomic mass is 16.5. The summed E-state index contributed by atoms with van der Waals surface area (Å²) in [6.07, 6.45) is 2.10. The summed E-state index contributed by atoms with van der Waals surface area (Å²) in [5.41, 5.74) is 7.40. The van der Waals surface area contributed by atoms with E-state index in [1.807, 2.05) is 19.1 Å². The summed E-state index contributed by atoms with van der Waals surface area (Å²) < 4.78 is 5.16. The first-order valence-electron chi connectivity index (χ1n) is 6.93. The highest BCUT2D eigenvalue weighted by Gasteiger charge is 2.29. The predicted molar refractivity (Wildman–Crippen MR) is 79.1 cm³/mol. The second-order valence-electron chi connectivity index (χ2n) is 5.09. The molecular weight excluding hydrogens is 268 g/mol. The van der Waals surface area contributed by atoms with Gasteiger partial charge in [0, 0.05) is 18.3 Å². The summed E-state index contributed by atoms with van der Waals surface area (Å²) in [5.74, 6) is 1.29. The molecule has 2 aromatic heterocycles. The molecule has 3 rings (SSSR count). The van der Waals surface area contributed by atoms with E-state index in [2.05, 4.69) is 25.1 Å². The summed E-state index contributed by atoms with van der Waals surface area (Å²) in [4.78, 5) is 10.9. The second kappa shape index (κ2) is 5.51. The van der Waals surface area contributed by atoms with Gasteiger partial charge in [-0.2, -0.15) is 10.1 Å². The summed E-state index contributed by atoms with van der Waals surface area (Å²) in [6.45, 7) is 2.86. The predicted octanol–water partition coefficient (Wildman–Crippen LogP) is 1.51. The van der Waals surface area contributed by atoms with Crippen molar-refractivity contribution in [2.75, 3.05) is 24.3 Å². The molecule has 0 spiro atoms. The summed E-state index contributed by atoms with van der Waals surface area (Å²) in [5, 5.41) is 8.16. The van der Waals surface area contributed by atoms with Gasteiger partial charge in [0.2, 0.25) is 0 Å². The highest BCUT2D eigenvalue weighted by Crippen LogP contribution is 2.34. The number of nitrogen functional groups attached to an aromatic ring is 1. The van der Waals surface area contributed by atoms with Crippen LogP contribution in [0, 0.1) is 6.92 Å². The Morgan fingerprint density at radius 2 is 2.14 bits per heavy atom. The van der Waals surface area contributed by atoms with Crippen LogP contribution < -0.4 is 15.4 Å². The topological polar surface area (TPSA) is 90.0 Å². The molecule has 3 heterocycles. The van der Waals surface area contributed by atoms with Crippen molar-refractivity contribution in [3.05, 3.63) is 29.6 Å². The molecule has 0 aromatic carbocycles. The van der Waals surface area contributed by atoms with E-state index in [1.54, 1.807) is 13.2 Å². The van der Waals surface area contributed by atoms with Crippen LogP contribution in [0.15, 0.2) is 18.2 Å². The Hall–Kier alpha value is -2.44. The third kappa shape index (κ3) is 2.72. The molecule has 0 saturated carbocycles. The molecule has 1 atom stereocenters. The van der Waals surface area contributed by atoms with E-state index in [0.29, 0.717) is 11.8 Å². The van der Waals surface area contributed by atoms with Gasteiger partial charge in [-0.3, -0.25) is 0 Å². The Morgan fingerprint density at radius 1 is 1.29 bits per heavy atom. The van der Waals surface area contributed by atoms with Gasteiger partial charge in [0.05, 0.1) is 18.8 Å². The summed E-state index contributed by atoms with van der Waals surface area (Å²) >= 11 is 0. The van der Waals surface area contributed by atoms with Gasteiger partial charge in [-0.1, -0.05) is 0 Å². The second-order valence-corrected chi connectivity index (χ2v) is 5.09. The van der Waals surface area contributed by atoms with Crippen LogP contribution in [0.3, 0.4) is 0 Å². The van der Waals surface area contributed by atoms with Crippen molar-refractivity contribution in [3.63, 3.8) is 0 Å². The Labute approximate surface area is 123 Å². The zero-order valence-electron chi connectivity index (χ0n) is 12.2. The lowest BCUT2D eigenvalue weighted by molar-refractivity contribution is 0.378. The third-order valence-corrected chi connectivity index (χ3v) is 3.60. The summed E-state index contributed by atoms with van der Waals surface area (Å²) in [7, 11) is 1.57. The van der Waals surface area contributed by atoms with Crippen molar-refractivity contribution in [1.82, 2.24) is 20.2 Å². The first-order chi connectivity index (χ1) is 10.2. The highest BCUT2D eigenvalue weighted by molar-refractivity contribution is 5.45. The number of methoxy groups -OCH3 is 1. The molecule has 1 saturated heterocycles. The number of hydrogen-bond donors (Lipinski definition) is 1. The van der Waals surface area contributed by atoms with E-state index in [1.165, 1.54) is 0 Å². The lowest BCUT2D eigenvalue weighted by Crippen LogP contribution is -2.25. The van der Waals surface area contributed by atoms with Gasteiger partial charge in [-0.05, 0) is 31.9 Å². The molecule has 0 amide bonds. The van der Waals surface area contributed by atoms with Crippen LogP contribution in [0.2, 0.25) is 0 Å². The number of ether oxygens (including phenoxy) is 1. The average Bonchev–Trinajstić information content (AvgIpc) is 2.97. The van der Waals surface area contributed by atoms with E-state index in [9.17, 15) is 0 Å². The Kier molecular flexibility index (Phi) is 3.55. The maximum Gasteiger partial charge on any atom is 0.318 e. The SMILES string of the molecule is COc1nc(C)cc(N2CCCC2c2ccc(N)nn2)n1. The molecule has 0 aliphatic carbocycles. The molecule has 1 aliphatic heterocycles. The molecule has 2 N–H and O–H groups in total. The molecule has 2 aromatic rings. The molecular formula is C14H18N6O. The van der Waals surface area contributed by atoms with E-state index in [4.69, 9.17) is 10.5 Å². The number of nitrogens with two attached hydrogens (primary N) is 1. The standard InChI is InChI=1S/C14H18N6O/c1-9-8-13(17-14(16-9)21-2)20-7-3-4-11(20)10-5-6-12(15)19-18-10/h5-6,8,11H,3-4,7H2,1-2H3,(H2,15,19). The van der Waals surface area contributed by atoms with E-state index in [-0.39, 0.29) is 6.04 Å². The van der Waals surface area contributed by atoms with Crippen LogP contribution in [0.25, 0.3) is 0 Å². The average molecular weight is 286 g/mol. The molecule has 7 nitrogen and oxygen atoms in total. The fraction of sp³-hybridized carbons (Fsp3) is 0.429. The van der Waals surface area contributed by atoms with Crippen LogP contribution in [-0.2, 0) is 0 Å². The largest absolute Gasteiger partial charge is 0.467 e. The fourth-order valence-corrected chi connectivity index (χ4v) is 2.64. The van der Waals surface area contributed by atoms with Gasteiger partial charge < -0.3 is 15.4 Å². The van der Waals surface area contributed by atoms with Crippen molar-refractivity contribution < 1.29 is 4.74 Å². The zero-order valence-corrected chi connectivity index (χ0v) is 12.2. The van der Waals surface area contributed by atoms with Gasteiger partial charge in [-0.15, -0.1) is 5.10 Å². The normalized spacial score (nSPS) is 18.0. The van der Waals surface area contributed by atoms with Gasteiger partial charge >= 0.3 is 6.01 Å². The minimum Gasteiger partial charge on any atom is -0.467 e. The first-order valence-corrected chi connectivity index (χ1v) is 6.93. The molecule has 1 unspecified atom stereocenters. The monoisotopic (exact) mass is 286 g/mol. The molecule has 21 heavy (non-hydrogen) atoms. The molecule has 0 bridgehead atoms. The number of aryl methyl sites for hydroxylation is 1. The number of nitrogens with zero attached hydrogens (tertiary/aromatic N) is 5. The van der Waals surface area contributed by atoms with Crippen molar-refractivity contribution in [2.45, 2.75) is 25.8 Å². The van der Waals surface area contributed by atoms with E-state index < -0.39 is 0 Å². The number of rotatable bonds is 3. The molecule has 1 aliphatic rings. The van der Waals surface area contributed by atoms with Crippen molar-refractivity contribution >= 4 is 11.6 Å². The first kappa shape index (κ1) is 13.5. The van der Waals surface area contributed by atoms with Crippen LogP contribution in [0.4, 0.5) is 11.6 Å². The minimum absolute atomic E-state index is 0.164. The number of aromatic nitrogens is 4. The van der Waals surface area contributed by atoms with Crippen molar-refractivity contribution in [1.29, 1.82) is 0 Å². The van der Waals surface area contributed by atoms with Gasteiger partial charge in [-0.25, -0.2) is 4.98 Å². The van der Waals surface area contributed by atoms with Gasteiger partial charge in [0.15, 0.2) is 0 Å². The molecule has 1 fully saturated rings. The van der Waals surface area contributed by atoms with Crippen molar-refractivity contribution in [2.24, 2.45) is 0 Å². The minimum atomic E-state index is 0.164. The van der Waals surface area contributed by atoms with Gasteiger partial charge in [0.25, 0.3) is 0 Å². The summed E-state index contributed by atoms with van der Waals surface area (Å²) in [6, 6.07) is 6.23. The lowest BCUT2D eigenvalue weighted by Gasteiger charge is -2.25.